The van der Waals surface area contributed by atoms with Crippen LogP contribution in [0.5, 0.6) is 5.75 Å². The van der Waals surface area contributed by atoms with Crippen molar-refractivity contribution in [1.29, 1.82) is 0 Å². The number of aromatic nitrogens is 1. The molecule has 0 fully saturated rings. The number of ether oxygens (including phenoxy) is 1. The molecule has 0 saturated carbocycles. The average molecular weight is 334 g/mol. The van der Waals surface area contributed by atoms with Gasteiger partial charge in [0.2, 0.25) is 0 Å². The van der Waals surface area contributed by atoms with Crippen molar-refractivity contribution in [3.05, 3.63) is 64.4 Å². The Labute approximate surface area is 124 Å². The summed E-state index contributed by atoms with van der Waals surface area (Å²) in [5, 5.41) is 8.52. The van der Waals surface area contributed by atoms with Crippen LogP contribution in [-0.2, 0) is 11.4 Å². The van der Waals surface area contributed by atoms with Crippen molar-refractivity contribution in [2.24, 2.45) is 0 Å². The summed E-state index contributed by atoms with van der Waals surface area (Å²) in [4.78, 5) is 14.5. The maximum atomic E-state index is 10.4. The molecule has 1 aromatic carbocycles. The Morgan fingerprint density at radius 1 is 1.35 bits per heavy atom. The number of nitrogens with zero attached hydrogens (tertiary/aromatic N) is 1. The molecule has 2 aromatic rings. The highest BCUT2D eigenvalue weighted by atomic mass is 79.9. The lowest BCUT2D eigenvalue weighted by Gasteiger charge is -2.06. The fourth-order valence-electron chi connectivity index (χ4n) is 1.53. The second kappa shape index (κ2) is 6.86. The minimum Gasteiger partial charge on any atom is -0.487 e. The molecule has 0 amide bonds. The number of aliphatic carboxylic acids is 1. The second-order valence-corrected chi connectivity index (χ2v) is 4.92. The predicted octanol–water partition coefficient (Wildman–Crippen LogP) is 3.52. The number of rotatable bonds is 5. The number of carbonyl (C=O) groups is 1. The Kier molecular flexibility index (Phi) is 4.90. The number of pyridine rings is 1. The van der Waals surface area contributed by atoms with Crippen molar-refractivity contribution in [2.45, 2.75) is 6.61 Å². The fraction of sp³-hybridized carbons (Fsp3) is 0.0667. The van der Waals surface area contributed by atoms with Crippen LogP contribution in [0.1, 0.15) is 11.3 Å². The molecule has 0 bridgehead atoms. The highest BCUT2D eigenvalue weighted by molar-refractivity contribution is 9.10. The van der Waals surface area contributed by atoms with Gasteiger partial charge in [-0.25, -0.2) is 4.79 Å². The van der Waals surface area contributed by atoms with Crippen molar-refractivity contribution in [3.63, 3.8) is 0 Å². The van der Waals surface area contributed by atoms with E-state index in [4.69, 9.17) is 9.84 Å². The first-order valence-electron chi connectivity index (χ1n) is 5.88. The molecule has 0 saturated heterocycles. The maximum absolute atomic E-state index is 10.4. The van der Waals surface area contributed by atoms with E-state index in [1.54, 1.807) is 18.3 Å². The molecule has 102 valence electrons. The Morgan fingerprint density at radius 2 is 2.20 bits per heavy atom. The summed E-state index contributed by atoms with van der Waals surface area (Å²) in [5.74, 6) is -0.362. The van der Waals surface area contributed by atoms with E-state index in [1.165, 1.54) is 6.08 Å². The molecule has 5 heteroatoms. The molecule has 0 aliphatic heterocycles. The number of halogens is 1. The van der Waals surface area contributed by atoms with Crippen LogP contribution in [0.3, 0.4) is 0 Å². The molecule has 0 unspecified atom stereocenters. The van der Waals surface area contributed by atoms with Crippen LogP contribution in [0.4, 0.5) is 0 Å². The quantitative estimate of drug-likeness (QED) is 0.850. The molecular weight excluding hydrogens is 322 g/mol. The zero-order valence-corrected chi connectivity index (χ0v) is 12.1. The summed E-state index contributed by atoms with van der Waals surface area (Å²) in [6, 6.07) is 11.3. The molecule has 0 radical (unpaired) electrons. The summed E-state index contributed by atoms with van der Waals surface area (Å²) in [5.41, 5.74) is 1.62. The molecule has 0 atom stereocenters. The van der Waals surface area contributed by atoms with E-state index in [-0.39, 0.29) is 0 Å². The van der Waals surface area contributed by atoms with Crippen LogP contribution < -0.4 is 4.74 Å². The van der Waals surface area contributed by atoms with Crippen molar-refractivity contribution in [2.75, 3.05) is 0 Å². The van der Waals surface area contributed by atoms with Crippen LogP contribution in [-0.4, -0.2) is 16.1 Å². The van der Waals surface area contributed by atoms with E-state index in [0.29, 0.717) is 18.1 Å². The summed E-state index contributed by atoms with van der Waals surface area (Å²) in [7, 11) is 0. The van der Waals surface area contributed by atoms with Crippen LogP contribution in [0.15, 0.2) is 53.1 Å². The Hall–Kier alpha value is -2.14. The fourth-order valence-corrected chi connectivity index (χ4v) is 1.97. The Morgan fingerprint density at radius 3 is 2.85 bits per heavy atom. The third-order valence-electron chi connectivity index (χ3n) is 2.45. The Bertz CT molecular complexity index is 623. The molecule has 0 aliphatic rings. The lowest BCUT2D eigenvalue weighted by molar-refractivity contribution is -0.131. The van der Waals surface area contributed by atoms with Crippen LogP contribution in [0.25, 0.3) is 6.08 Å². The Balaban J connectivity index is 1.95. The molecule has 4 nitrogen and oxygen atoms in total. The van der Waals surface area contributed by atoms with E-state index >= 15 is 0 Å². The van der Waals surface area contributed by atoms with Gasteiger partial charge in [-0.3, -0.25) is 4.98 Å². The van der Waals surface area contributed by atoms with E-state index in [1.807, 2.05) is 24.3 Å². The normalized spacial score (nSPS) is 10.7. The number of hydrogen-bond acceptors (Lipinski definition) is 3. The minimum absolute atomic E-state index is 0.450. The van der Waals surface area contributed by atoms with E-state index in [9.17, 15) is 4.79 Å². The second-order valence-electron chi connectivity index (χ2n) is 4.01. The van der Waals surface area contributed by atoms with Gasteiger partial charge < -0.3 is 9.84 Å². The SMILES string of the molecule is O=C(O)C=Cc1ccc(OCc2cccc(Br)c2)cn1. The first-order chi connectivity index (χ1) is 9.63. The highest BCUT2D eigenvalue weighted by Crippen LogP contribution is 2.15. The van der Waals surface area contributed by atoms with Gasteiger partial charge in [0.15, 0.2) is 0 Å². The first kappa shape index (κ1) is 14.3. The van der Waals surface area contributed by atoms with Gasteiger partial charge in [-0.2, -0.15) is 0 Å². The molecule has 2 rings (SSSR count). The topological polar surface area (TPSA) is 59.4 Å². The van der Waals surface area contributed by atoms with Crippen molar-refractivity contribution in [3.8, 4) is 5.75 Å². The third-order valence-corrected chi connectivity index (χ3v) is 2.94. The molecule has 1 aromatic heterocycles. The number of carboxylic acid groups (broad SMARTS) is 1. The molecule has 0 spiro atoms. The largest absolute Gasteiger partial charge is 0.487 e. The molecular formula is C15H12BrNO3. The standard InChI is InChI=1S/C15H12BrNO3/c16-12-3-1-2-11(8-12)10-20-14-6-4-13(17-9-14)5-7-15(18)19/h1-9H,10H2,(H,18,19). The average Bonchev–Trinajstić information content (AvgIpc) is 2.44. The molecule has 20 heavy (non-hydrogen) atoms. The van der Waals surface area contributed by atoms with Crippen LogP contribution >= 0.6 is 15.9 Å². The van der Waals surface area contributed by atoms with E-state index < -0.39 is 5.97 Å². The predicted molar refractivity (Wildman–Crippen MR) is 79.4 cm³/mol. The van der Waals surface area contributed by atoms with Gasteiger partial charge in [-0.15, -0.1) is 0 Å². The van der Waals surface area contributed by atoms with Crippen LogP contribution in [0.2, 0.25) is 0 Å². The maximum Gasteiger partial charge on any atom is 0.328 e. The van der Waals surface area contributed by atoms with Gasteiger partial charge in [0.1, 0.15) is 12.4 Å². The molecule has 1 N–H and O–H groups in total. The van der Waals surface area contributed by atoms with Crippen molar-refractivity contribution >= 4 is 28.0 Å². The lowest BCUT2D eigenvalue weighted by Crippen LogP contribution is -1.96. The van der Waals surface area contributed by atoms with Crippen LogP contribution in [0, 0.1) is 0 Å². The van der Waals surface area contributed by atoms with Gasteiger partial charge in [0.05, 0.1) is 11.9 Å². The van der Waals surface area contributed by atoms with Gasteiger partial charge in [0, 0.05) is 10.5 Å². The van der Waals surface area contributed by atoms with Gasteiger partial charge in [-0.1, -0.05) is 28.1 Å². The summed E-state index contributed by atoms with van der Waals surface area (Å²) in [6.07, 6.45) is 4.05. The van der Waals surface area contributed by atoms with Gasteiger partial charge >= 0.3 is 5.97 Å². The minimum atomic E-state index is -0.998. The van der Waals surface area contributed by atoms with E-state index in [2.05, 4.69) is 20.9 Å². The monoisotopic (exact) mass is 333 g/mol. The van der Waals surface area contributed by atoms with Gasteiger partial charge in [0.25, 0.3) is 0 Å². The first-order valence-corrected chi connectivity index (χ1v) is 6.67. The summed E-state index contributed by atoms with van der Waals surface area (Å²) in [6.45, 7) is 0.450. The zero-order valence-electron chi connectivity index (χ0n) is 10.5. The van der Waals surface area contributed by atoms with Gasteiger partial charge in [-0.05, 0) is 35.9 Å². The number of carboxylic acids is 1. The lowest BCUT2D eigenvalue weighted by atomic mass is 10.2. The summed E-state index contributed by atoms with van der Waals surface area (Å²) < 4.78 is 6.61. The van der Waals surface area contributed by atoms with E-state index in [0.717, 1.165) is 16.1 Å². The highest BCUT2D eigenvalue weighted by Gasteiger charge is 1.98. The smallest absolute Gasteiger partial charge is 0.328 e. The molecule has 1 heterocycles. The zero-order chi connectivity index (χ0) is 14.4. The summed E-state index contributed by atoms with van der Waals surface area (Å²) >= 11 is 3.40. The van der Waals surface area contributed by atoms with Crippen molar-refractivity contribution < 1.29 is 14.6 Å². The number of hydrogen-bond donors (Lipinski definition) is 1. The third kappa shape index (κ3) is 4.51. The molecule has 0 aliphatic carbocycles. The number of benzene rings is 1. The van der Waals surface area contributed by atoms with Crippen molar-refractivity contribution in [1.82, 2.24) is 4.98 Å².